The fourth-order valence-corrected chi connectivity index (χ4v) is 4.34. The fourth-order valence-electron chi connectivity index (χ4n) is 4.34. The third-order valence-corrected chi connectivity index (χ3v) is 6.21. The summed E-state index contributed by atoms with van der Waals surface area (Å²) in [5.74, 6) is 1.19. The number of para-hydroxylation sites is 1. The molecule has 0 aliphatic carbocycles. The Morgan fingerprint density at radius 3 is 2.57 bits per heavy atom. The molecular formula is C29H25NO5. The van der Waals surface area contributed by atoms with Crippen LogP contribution >= 0.6 is 0 Å². The van der Waals surface area contributed by atoms with Crippen LogP contribution in [0.4, 0.5) is 0 Å². The third-order valence-electron chi connectivity index (χ3n) is 6.21. The van der Waals surface area contributed by atoms with Gasteiger partial charge in [-0.1, -0.05) is 30.3 Å². The smallest absolute Gasteiger partial charge is 0.315 e. The minimum atomic E-state index is -0.398. The number of hydrogen-bond acceptors (Lipinski definition) is 5. The summed E-state index contributed by atoms with van der Waals surface area (Å²) in [6, 6.07) is 18.6. The number of hydrogen-bond donors (Lipinski definition) is 0. The first kappa shape index (κ1) is 22.5. The van der Waals surface area contributed by atoms with E-state index in [1.54, 1.807) is 44.4 Å². The molecule has 1 aliphatic rings. The minimum Gasteiger partial charge on any atom is -0.497 e. The van der Waals surface area contributed by atoms with Gasteiger partial charge in [-0.05, 0) is 55.8 Å². The molecule has 0 amide bonds. The maximum atomic E-state index is 13.1. The highest BCUT2D eigenvalue weighted by Crippen LogP contribution is 2.40. The molecule has 35 heavy (non-hydrogen) atoms. The van der Waals surface area contributed by atoms with Crippen molar-refractivity contribution in [3.8, 4) is 17.2 Å². The second-order valence-electron chi connectivity index (χ2n) is 8.39. The molecule has 176 valence electrons. The van der Waals surface area contributed by atoms with Crippen molar-refractivity contribution in [1.82, 2.24) is 4.57 Å². The molecule has 0 bridgehead atoms. The standard InChI is InChI=1S/C29H25NO5/c1-4-30-17-20(22-7-5-6-8-24(22)30)16-26-28(32)23-13-14-25(18(2)29(23)35-26)34-27(31)15-19-9-11-21(33-3)12-10-19/h5-14,16-17H,4,15H2,1-3H3/b26-16-. The first-order valence-electron chi connectivity index (χ1n) is 11.5. The minimum absolute atomic E-state index is 0.118. The van der Waals surface area contributed by atoms with Crippen LogP contribution in [0.3, 0.4) is 0 Å². The molecule has 0 radical (unpaired) electrons. The van der Waals surface area contributed by atoms with Gasteiger partial charge in [0, 0.05) is 34.8 Å². The van der Waals surface area contributed by atoms with Crippen molar-refractivity contribution in [3.05, 3.63) is 94.9 Å². The third kappa shape index (κ3) is 4.19. The zero-order valence-corrected chi connectivity index (χ0v) is 19.8. The number of allylic oxidation sites excluding steroid dienone is 1. The van der Waals surface area contributed by atoms with E-state index >= 15 is 0 Å². The van der Waals surface area contributed by atoms with E-state index in [9.17, 15) is 9.59 Å². The molecule has 0 spiro atoms. The molecule has 0 unspecified atom stereocenters. The normalized spacial score (nSPS) is 13.7. The number of carbonyl (C=O) groups is 2. The molecule has 0 fully saturated rings. The zero-order chi connectivity index (χ0) is 24.5. The molecule has 2 heterocycles. The van der Waals surface area contributed by atoms with E-state index in [-0.39, 0.29) is 18.0 Å². The van der Waals surface area contributed by atoms with Crippen LogP contribution in [0.25, 0.3) is 17.0 Å². The predicted octanol–water partition coefficient (Wildman–Crippen LogP) is 5.74. The number of methoxy groups -OCH3 is 1. The summed E-state index contributed by atoms with van der Waals surface area (Å²) in [7, 11) is 1.59. The number of benzene rings is 3. The number of aromatic nitrogens is 1. The maximum absolute atomic E-state index is 13.1. The first-order chi connectivity index (χ1) is 17.0. The van der Waals surface area contributed by atoms with E-state index in [2.05, 4.69) is 17.6 Å². The quantitative estimate of drug-likeness (QED) is 0.205. The lowest BCUT2D eigenvalue weighted by Crippen LogP contribution is -2.12. The molecular weight excluding hydrogens is 442 g/mol. The Kier molecular flexibility index (Phi) is 5.87. The Morgan fingerprint density at radius 1 is 1.06 bits per heavy atom. The highest BCUT2D eigenvalue weighted by Gasteiger charge is 2.31. The number of fused-ring (bicyclic) bond motifs is 2. The van der Waals surface area contributed by atoms with Gasteiger partial charge in [-0.3, -0.25) is 9.59 Å². The summed E-state index contributed by atoms with van der Waals surface area (Å²) >= 11 is 0. The zero-order valence-electron chi connectivity index (χ0n) is 19.8. The molecule has 6 nitrogen and oxygen atoms in total. The van der Waals surface area contributed by atoms with Gasteiger partial charge in [0.05, 0.1) is 19.1 Å². The summed E-state index contributed by atoms with van der Waals surface area (Å²) in [6.45, 7) is 4.69. The van der Waals surface area contributed by atoms with Crippen molar-refractivity contribution in [2.45, 2.75) is 26.8 Å². The average molecular weight is 468 g/mol. The van der Waals surface area contributed by atoms with Crippen LogP contribution in [0.5, 0.6) is 17.2 Å². The van der Waals surface area contributed by atoms with Gasteiger partial charge in [-0.25, -0.2) is 0 Å². The van der Waals surface area contributed by atoms with E-state index in [1.165, 1.54) is 0 Å². The Labute approximate surface area is 203 Å². The van der Waals surface area contributed by atoms with E-state index in [1.807, 2.05) is 36.5 Å². The summed E-state index contributed by atoms with van der Waals surface area (Å²) in [5, 5.41) is 1.05. The first-order valence-corrected chi connectivity index (χ1v) is 11.5. The van der Waals surface area contributed by atoms with Gasteiger partial charge >= 0.3 is 5.97 Å². The number of ketones is 1. The molecule has 0 saturated carbocycles. The van der Waals surface area contributed by atoms with Crippen molar-refractivity contribution in [3.63, 3.8) is 0 Å². The monoisotopic (exact) mass is 467 g/mol. The molecule has 0 N–H and O–H groups in total. The predicted molar refractivity (Wildman–Crippen MR) is 134 cm³/mol. The molecule has 3 aromatic carbocycles. The van der Waals surface area contributed by atoms with E-state index in [4.69, 9.17) is 14.2 Å². The Morgan fingerprint density at radius 2 is 1.83 bits per heavy atom. The second-order valence-corrected chi connectivity index (χ2v) is 8.39. The molecule has 0 saturated heterocycles. The van der Waals surface area contributed by atoms with Crippen LogP contribution in [0.2, 0.25) is 0 Å². The maximum Gasteiger partial charge on any atom is 0.315 e. The van der Waals surface area contributed by atoms with Crippen LogP contribution in [-0.2, 0) is 17.8 Å². The van der Waals surface area contributed by atoms with Crippen LogP contribution < -0.4 is 14.2 Å². The number of Topliss-reactive ketones (excluding diaryl/α,β-unsaturated/α-hetero) is 1. The molecule has 5 rings (SSSR count). The van der Waals surface area contributed by atoms with Crippen LogP contribution in [-0.4, -0.2) is 23.4 Å². The lowest BCUT2D eigenvalue weighted by molar-refractivity contribution is -0.133. The largest absolute Gasteiger partial charge is 0.497 e. The summed E-state index contributed by atoms with van der Waals surface area (Å²) in [6.07, 6.45) is 3.93. The van der Waals surface area contributed by atoms with E-state index < -0.39 is 5.97 Å². The summed E-state index contributed by atoms with van der Waals surface area (Å²) in [5.41, 5.74) is 3.91. The van der Waals surface area contributed by atoms with Gasteiger partial charge < -0.3 is 18.8 Å². The van der Waals surface area contributed by atoms with E-state index in [0.717, 1.165) is 34.3 Å². The SMILES string of the molecule is CCn1cc(/C=C2\Oc3c(ccc(OC(=O)Cc4ccc(OC)cc4)c3C)C2=O)c2ccccc21. The van der Waals surface area contributed by atoms with Gasteiger partial charge in [0.2, 0.25) is 5.78 Å². The van der Waals surface area contributed by atoms with Crippen molar-refractivity contribution >= 4 is 28.7 Å². The number of ether oxygens (including phenoxy) is 3. The second kappa shape index (κ2) is 9.14. The number of carbonyl (C=O) groups excluding carboxylic acids is 2. The molecule has 1 aliphatic heterocycles. The Hall–Kier alpha value is -4.32. The van der Waals surface area contributed by atoms with Crippen LogP contribution in [0.15, 0.2) is 72.6 Å². The molecule has 6 heteroatoms. The van der Waals surface area contributed by atoms with Crippen LogP contribution in [0.1, 0.15) is 34.0 Å². The number of nitrogens with zero attached hydrogens (tertiary/aromatic N) is 1. The number of rotatable bonds is 6. The Balaban J connectivity index is 1.38. The lowest BCUT2D eigenvalue weighted by atomic mass is 10.1. The summed E-state index contributed by atoms with van der Waals surface area (Å²) in [4.78, 5) is 25.6. The number of aryl methyl sites for hydroxylation is 1. The Bertz CT molecular complexity index is 1480. The van der Waals surface area contributed by atoms with Gasteiger partial charge in [0.1, 0.15) is 17.2 Å². The molecule has 0 atom stereocenters. The summed E-state index contributed by atoms with van der Waals surface area (Å²) < 4.78 is 18.9. The van der Waals surface area contributed by atoms with Crippen molar-refractivity contribution in [2.24, 2.45) is 0 Å². The number of esters is 1. The lowest BCUT2D eigenvalue weighted by Gasteiger charge is -2.10. The highest BCUT2D eigenvalue weighted by molar-refractivity contribution is 6.15. The van der Waals surface area contributed by atoms with Crippen LogP contribution in [0, 0.1) is 6.92 Å². The average Bonchev–Trinajstić information content (AvgIpc) is 3.39. The van der Waals surface area contributed by atoms with Gasteiger partial charge in [-0.15, -0.1) is 0 Å². The molecule has 1 aromatic heterocycles. The highest BCUT2D eigenvalue weighted by atomic mass is 16.5. The molecule has 4 aromatic rings. The van der Waals surface area contributed by atoms with Gasteiger partial charge in [-0.2, -0.15) is 0 Å². The van der Waals surface area contributed by atoms with Crippen molar-refractivity contribution in [1.29, 1.82) is 0 Å². The fraction of sp³-hybridized carbons (Fsp3) is 0.172. The van der Waals surface area contributed by atoms with Crippen molar-refractivity contribution < 1.29 is 23.8 Å². The van der Waals surface area contributed by atoms with E-state index in [0.29, 0.717) is 22.6 Å². The van der Waals surface area contributed by atoms with Gasteiger partial charge in [0.25, 0.3) is 0 Å². The van der Waals surface area contributed by atoms with Gasteiger partial charge in [0.15, 0.2) is 5.76 Å². The van der Waals surface area contributed by atoms with Crippen molar-refractivity contribution in [2.75, 3.05) is 7.11 Å². The topological polar surface area (TPSA) is 66.8 Å².